The van der Waals surface area contributed by atoms with E-state index in [1.165, 1.54) is 0 Å². The number of nitrogens with zero attached hydrogens (tertiary/aromatic N) is 1. The molecule has 0 fully saturated rings. The molecule has 6 heteroatoms. The van der Waals surface area contributed by atoms with Crippen molar-refractivity contribution in [3.8, 4) is 0 Å². The van der Waals surface area contributed by atoms with E-state index < -0.39 is 5.91 Å². The number of rotatable bonds is 1. The minimum absolute atomic E-state index is 0.265. The molecule has 2 amide bonds. The van der Waals surface area contributed by atoms with Crippen molar-refractivity contribution < 1.29 is 9.59 Å². The standard InChI is InChI=1S/C10H4Br3NO2/c11-6-4-2-1-3-5(6)7-8(12)10(16)14(13)9(7)15/h1-4H. The smallest absolute Gasteiger partial charge is 0.268 e. The van der Waals surface area contributed by atoms with E-state index in [9.17, 15) is 9.59 Å². The fourth-order valence-corrected chi connectivity index (χ4v) is 3.01. The summed E-state index contributed by atoms with van der Waals surface area (Å²) in [7, 11) is 0. The second kappa shape index (κ2) is 4.43. The highest BCUT2D eigenvalue weighted by atomic mass is 79.9. The summed E-state index contributed by atoms with van der Waals surface area (Å²) in [5, 5.41) is 0. The van der Waals surface area contributed by atoms with Crippen molar-refractivity contribution in [3.63, 3.8) is 0 Å². The summed E-state index contributed by atoms with van der Waals surface area (Å²) in [6, 6.07) is 7.24. The van der Waals surface area contributed by atoms with Gasteiger partial charge in [-0.05, 0) is 22.0 Å². The molecule has 1 aromatic rings. The third-order valence-electron chi connectivity index (χ3n) is 2.12. The molecule has 0 saturated carbocycles. The zero-order chi connectivity index (χ0) is 11.9. The second-order valence-corrected chi connectivity index (χ2v) is 5.42. The van der Waals surface area contributed by atoms with Gasteiger partial charge in [0, 0.05) is 10.0 Å². The van der Waals surface area contributed by atoms with Gasteiger partial charge < -0.3 is 0 Å². The molecule has 0 N–H and O–H groups in total. The van der Waals surface area contributed by atoms with Crippen molar-refractivity contribution in [2.24, 2.45) is 0 Å². The summed E-state index contributed by atoms with van der Waals surface area (Å²) in [6.45, 7) is 0. The quantitative estimate of drug-likeness (QED) is 0.527. The topological polar surface area (TPSA) is 37.4 Å². The fourth-order valence-electron chi connectivity index (χ4n) is 1.37. The SMILES string of the molecule is O=C1C(Br)=C(c2ccccc2Br)C(=O)N1Br. The van der Waals surface area contributed by atoms with Gasteiger partial charge in [-0.2, -0.15) is 0 Å². The monoisotopic (exact) mass is 407 g/mol. The van der Waals surface area contributed by atoms with Crippen LogP contribution in [0.5, 0.6) is 0 Å². The Morgan fingerprint density at radius 2 is 1.62 bits per heavy atom. The lowest BCUT2D eigenvalue weighted by Gasteiger charge is -2.05. The van der Waals surface area contributed by atoms with Crippen molar-refractivity contribution in [2.45, 2.75) is 0 Å². The van der Waals surface area contributed by atoms with Gasteiger partial charge in [-0.1, -0.05) is 34.1 Å². The number of imide groups is 1. The Morgan fingerprint density at radius 1 is 1.00 bits per heavy atom. The van der Waals surface area contributed by atoms with Crippen LogP contribution in [0.1, 0.15) is 5.56 Å². The van der Waals surface area contributed by atoms with Crippen LogP contribution < -0.4 is 0 Å². The van der Waals surface area contributed by atoms with E-state index in [0.717, 1.165) is 8.40 Å². The van der Waals surface area contributed by atoms with E-state index in [4.69, 9.17) is 0 Å². The molecule has 82 valence electrons. The highest BCUT2D eigenvalue weighted by Crippen LogP contribution is 2.37. The molecule has 3 nitrogen and oxygen atoms in total. The first-order valence-corrected chi connectivity index (χ1v) is 6.53. The molecule has 1 heterocycles. The number of amides is 2. The zero-order valence-electron chi connectivity index (χ0n) is 7.71. The third-order valence-corrected chi connectivity index (χ3v) is 4.19. The van der Waals surface area contributed by atoms with Crippen LogP contribution >= 0.6 is 48.0 Å². The fraction of sp³-hybridized carbons (Fsp3) is 0. The van der Waals surface area contributed by atoms with Gasteiger partial charge in [0.2, 0.25) is 0 Å². The lowest BCUT2D eigenvalue weighted by molar-refractivity contribution is -0.129. The summed E-state index contributed by atoms with van der Waals surface area (Å²) in [4.78, 5) is 23.4. The number of carbonyl (C=O) groups excluding carboxylic acids is 2. The third kappa shape index (κ3) is 1.78. The number of halogens is 3. The minimum atomic E-state index is -0.393. The Morgan fingerprint density at radius 3 is 2.12 bits per heavy atom. The van der Waals surface area contributed by atoms with Crippen LogP contribution in [-0.2, 0) is 9.59 Å². The Hall–Kier alpha value is -0.460. The summed E-state index contributed by atoms with van der Waals surface area (Å²) in [5.41, 5.74) is 1.05. The van der Waals surface area contributed by atoms with Crippen LogP contribution in [0, 0.1) is 0 Å². The molecule has 0 unspecified atom stereocenters. The lowest BCUT2D eigenvalue weighted by Crippen LogP contribution is -2.19. The van der Waals surface area contributed by atoms with E-state index in [0.29, 0.717) is 11.1 Å². The molecular formula is C10H4Br3NO2. The summed E-state index contributed by atoms with van der Waals surface area (Å²) in [5.74, 6) is -0.764. The first-order valence-electron chi connectivity index (χ1n) is 4.23. The minimum Gasteiger partial charge on any atom is -0.268 e. The molecule has 1 aliphatic heterocycles. The van der Waals surface area contributed by atoms with E-state index in [2.05, 4.69) is 48.0 Å². The van der Waals surface area contributed by atoms with Gasteiger partial charge in [-0.15, -0.1) is 0 Å². The second-order valence-electron chi connectivity index (χ2n) is 3.06. The van der Waals surface area contributed by atoms with Crippen molar-refractivity contribution in [2.75, 3.05) is 0 Å². The lowest BCUT2D eigenvalue weighted by atomic mass is 10.1. The van der Waals surface area contributed by atoms with E-state index in [1.54, 1.807) is 6.07 Å². The molecule has 0 atom stereocenters. The predicted molar refractivity (Wildman–Crippen MR) is 70.8 cm³/mol. The largest absolute Gasteiger partial charge is 0.278 e. The molecule has 0 radical (unpaired) electrons. The Kier molecular flexibility index (Phi) is 3.32. The van der Waals surface area contributed by atoms with Gasteiger partial charge in [0.15, 0.2) is 0 Å². The Bertz CT molecular complexity index is 525. The maximum atomic E-state index is 11.8. The molecule has 1 aliphatic rings. The molecule has 0 aromatic heterocycles. The molecule has 0 saturated heterocycles. The van der Waals surface area contributed by atoms with Gasteiger partial charge in [-0.3, -0.25) is 9.59 Å². The number of benzene rings is 1. The van der Waals surface area contributed by atoms with Crippen molar-refractivity contribution in [1.29, 1.82) is 0 Å². The number of hydrogen-bond donors (Lipinski definition) is 0. The predicted octanol–water partition coefficient (Wildman–Crippen LogP) is 3.23. The molecular weight excluding hydrogens is 406 g/mol. The van der Waals surface area contributed by atoms with Crippen molar-refractivity contribution >= 4 is 65.4 Å². The van der Waals surface area contributed by atoms with Crippen molar-refractivity contribution in [1.82, 2.24) is 3.93 Å². The molecule has 2 rings (SSSR count). The van der Waals surface area contributed by atoms with Crippen LogP contribution in [0.15, 0.2) is 33.2 Å². The normalized spacial score (nSPS) is 16.3. The number of hydrogen-bond acceptors (Lipinski definition) is 2. The van der Waals surface area contributed by atoms with Crippen LogP contribution in [0.25, 0.3) is 5.57 Å². The van der Waals surface area contributed by atoms with E-state index >= 15 is 0 Å². The molecule has 16 heavy (non-hydrogen) atoms. The van der Waals surface area contributed by atoms with Crippen LogP contribution in [0.4, 0.5) is 0 Å². The molecule has 1 aromatic carbocycles. The van der Waals surface area contributed by atoms with Gasteiger partial charge in [0.1, 0.15) is 0 Å². The van der Waals surface area contributed by atoms with Crippen LogP contribution in [0.3, 0.4) is 0 Å². The first-order chi connectivity index (χ1) is 7.54. The molecule has 0 spiro atoms. The molecule has 0 bridgehead atoms. The first kappa shape index (κ1) is 12.0. The van der Waals surface area contributed by atoms with Gasteiger partial charge in [0.25, 0.3) is 11.8 Å². The average molecular weight is 410 g/mol. The zero-order valence-corrected chi connectivity index (χ0v) is 12.5. The summed E-state index contributed by atoms with van der Waals surface area (Å²) in [6.07, 6.45) is 0. The highest BCUT2D eigenvalue weighted by Gasteiger charge is 2.37. The Balaban J connectivity index is 2.62. The van der Waals surface area contributed by atoms with Crippen molar-refractivity contribution in [3.05, 3.63) is 38.8 Å². The Labute approximate surface area is 117 Å². The van der Waals surface area contributed by atoms with Crippen LogP contribution in [0.2, 0.25) is 0 Å². The summed E-state index contributed by atoms with van der Waals surface area (Å²) >= 11 is 9.41. The average Bonchev–Trinajstić information content (AvgIpc) is 2.45. The maximum Gasteiger partial charge on any atom is 0.278 e. The molecule has 0 aliphatic carbocycles. The van der Waals surface area contributed by atoms with Gasteiger partial charge >= 0.3 is 0 Å². The van der Waals surface area contributed by atoms with Gasteiger partial charge in [-0.25, -0.2) is 3.93 Å². The highest BCUT2D eigenvalue weighted by molar-refractivity contribution is 9.12. The maximum absolute atomic E-state index is 11.8. The number of carbonyl (C=O) groups is 2. The van der Waals surface area contributed by atoms with E-state index in [-0.39, 0.29) is 10.4 Å². The van der Waals surface area contributed by atoms with Gasteiger partial charge in [0.05, 0.1) is 26.2 Å². The van der Waals surface area contributed by atoms with Crippen LogP contribution in [-0.4, -0.2) is 15.7 Å². The summed E-state index contributed by atoms with van der Waals surface area (Å²) < 4.78 is 1.94. The van der Waals surface area contributed by atoms with E-state index in [1.807, 2.05) is 18.2 Å².